The maximum Gasteiger partial charge on any atom is 0.0593 e. The number of nitrogens with zero attached hydrogens (tertiary/aromatic N) is 1. The molecule has 112 valence electrons. The van der Waals surface area contributed by atoms with E-state index < -0.39 is 0 Å². The maximum atomic E-state index is 5.48. The Morgan fingerprint density at radius 3 is 2.55 bits per heavy atom. The number of hydrogen-bond acceptors (Lipinski definition) is 3. The van der Waals surface area contributed by atoms with Crippen LogP contribution >= 0.6 is 0 Å². The average Bonchev–Trinajstić information content (AvgIpc) is 2.49. The second-order valence-corrected chi connectivity index (χ2v) is 5.83. The molecule has 3 heteroatoms. The van der Waals surface area contributed by atoms with Gasteiger partial charge in [0.05, 0.1) is 6.61 Å². The van der Waals surface area contributed by atoms with Crippen LogP contribution in [0.3, 0.4) is 0 Å². The Morgan fingerprint density at radius 2 is 1.90 bits per heavy atom. The monoisotopic (exact) mass is 276 g/mol. The zero-order chi connectivity index (χ0) is 14.3. The lowest BCUT2D eigenvalue weighted by atomic mass is 9.73. The zero-order valence-electron chi connectivity index (χ0n) is 12.9. The minimum Gasteiger partial charge on any atom is -0.380 e. The number of benzene rings is 1. The largest absolute Gasteiger partial charge is 0.380 e. The molecule has 1 aliphatic heterocycles. The number of rotatable bonds is 7. The molecule has 1 aromatic carbocycles. The molecule has 2 rings (SSSR count). The van der Waals surface area contributed by atoms with Crippen molar-refractivity contribution in [2.45, 2.75) is 25.2 Å². The molecule has 0 spiro atoms. The molecule has 0 radical (unpaired) electrons. The molecule has 1 aliphatic rings. The maximum absolute atomic E-state index is 5.48. The third kappa shape index (κ3) is 4.05. The lowest BCUT2D eigenvalue weighted by Crippen LogP contribution is -2.47. The summed E-state index contributed by atoms with van der Waals surface area (Å²) in [7, 11) is 2.21. The summed E-state index contributed by atoms with van der Waals surface area (Å²) < 4.78 is 5.48. The SMILES string of the molecule is CCOCCN(C)CC1(c2ccccc2)CCNCC1. The first kappa shape index (κ1) is 15.5. The van der Waals surface area contributed by atoms with Crippen LogP contribution in [0.15, 0.2) is 30.3 Å². The average molecular weight is 276 g/mol. The van der Waals surface area contributed by atoms with Crippen LogP contribution in [0.5, 0.6) is 0 Å². The number of ether oxygens (including phenoxy) is 1. The smallest absolute Gasteiger partial charge is 0.0593 e. The molecule has 0 saturated carbocycles. The van der Waals surface area contributed by atoms with Gasteiger partial charge in [0.2, 0.25) is 0 Å². The first-order chi connectivity index (χ1) is 9.77. The summed E-state index contributed by atoms with van der Waals surface area (Å²) in [4.78, 5) is 2.42. The minimum atomic E-state index is 0.299. The van der Waals surface area contributed by atoms with Gasteiger partial charge in [-0.2, -0.15) is 0 Å². The number of likely N-dealkylation sites (N-methyl/N-ethyl adjacent to an activating group) is 1. The second-order valence-electron chi connectivity index (χ2n) is 5.83. The summed E-state index contributed by atoms with van der Waals surface area (Å²) in [5.41, 5.74) is 1.79. The molecule has 0 aliphatic carbocycles. The van der Waals surface area contributed by atoms with Gasteiger partial charge in [0.15, 0.2) is 0 Å². The van der Waals surface area contributed by atoms with Crippen LogP contribution < -0.4 is 5.32 Å². The third-order valence-electron chi connectivity index (χ3n) is 4.34. The van der Waals surface area contributed by atoms with E-state index in [1.165, 1.54) is 18.4 Å². The van der Waals surface area contributed by atoms with Crippen molar-refractivity contribution < 1.29 is 4.74 Å². The fourth-order valence-electron chi connectivity index (χ4n) is 3.20. The van der Waals surface area contributed by atoms with Crippen molar-refractivity contribution in [3.63, 3.8) is 0 Å². The van der Waals surface area contributed by atoms with Gasteiger partial charge in [0.25, 0.3) is 0 Å². The van der Waals surface area contributed by atoms with Crippen LogP contribution in [0.4, 0.5) is 0 Å². The Morgan fingerprint density at radius 1 is 1.20 bits per heavy atom. The summed E-state index contributed by atoms with van der Waals surface area (Å²) in [6.45, 7) is 8.06. The van der Waals surface area contributed by atoms with Crippen molar-refractivity contribution in [2.24, 2.45) is 0 Å². The number of nitrogens with one attached hydrogen (secondary N) is 1. The Kier molecular flexibility index (Phi) is 6.02. The topological polar surface area (TPSA) is 24.5 Å². The van der Waals surface area contributed by atoms with Gasteiger partial charge in [-0.15, -0.1) is 0 Å². The molecule has 0 aromatic heterocycles. The second kappa shape index (κ2) is 7.77. The number of piperidine rings is 1. The molecule has 20 heavy (non-hydrogen) atoms. The molecule has 3 nitrogen and oxygen atoms in total. The summed E-state index contributed by atoms with van der Waals surface area (Å²) in [5, 5.41) is 3.49. The van der Waals surface area contributed by atoms with Gasteiger partial charge in [-0.25, -0.2) is 0 Å². The van der Waals surface area contributed by atoms with Gasteiger partial charge in [0, 0.05) is 25.1 Å². The quantitative estimate of drug-likeness (QED) is 0.773. The normalized spacial score (nSPS) is 18.4. The van der Waals surface area contributed by atoms with E-state index in [4.69, 9.17) is 4.74 Å². The Bertz CT molecular complexity index is 374. The van der Waals surface area contributed by atoms with Gasteiger partial charge in [-0.1, -0.05) is 30.3 Å². The van der Waals surface area contributed by atoms with Crippen molar-refractivity contribution in [3.8, 4) is 0 Å². The van der Waals surface area contributed by atoms with E-state index in [1.807, 2.05) is 0 Å². The Balaban J connectivity index is 2.04. The van der Waals surface area contributed by atoms with E-state index in [9.17, 15) is 0 Å². The predicted octanol–water partition coefficient (Wildman–Crippen LogP) is 2.28. The highest BCUT2D eigenvalue weighted by atomic mass is 16.5. The molecular formula is C17H28N2O. The highest BCUT2D eigenvalue weighted by Gasteiger charge is 2.34. The molecule has 1 heterocycles. The van der Waals surface area contributed by atoms with Crippen LogP contribution in [0.25, 0.3) is 0 Å². The van der Waals surface area contributed by atoms with Crippen molar-refractivity contribution >= 4 is 0 Å². The lowest BCUT2D eigenvalue weighted by molar-refractivity contribution is 0.108. The third-order valence-corrected chi connectivity index (χ3v) is 4.34. The van der Waals surface area contributed by atoms with E-state index >= 15 is 0 Å². The van der Waals surface area contributed by atoms with E-state index in [2.05, 4.69) is 54.5 Å². The minimum absolute atomic E-state index is 0.299. The van der Waals surface area contributed by atoms with Crippen LogP contribution in [0, 0.1) is 0 Å². The van der Waals surface area contributed by atoms with Gasteiger partial charge in [-0.3, -0.25) is 0 Å². The molecule has 0 bridgehead atoms. The van der Waals surface area contributed by atoms with E-state index in [-0.39, 0.29) is 0 Å². The first-order valence-corrected chi connectivity index (χ1v) is 7.79. The fourth-order valence-corrected chi connectivity index (χ4v) is 3.20. The molecule has 1 saturated heterocycles. The summed E-state index contributed by atoms with van der Waals surface area (Å²) in [6.07, 6.45) is 2.44. The highest BCUT2D eigenvalue weighted by molar-refractivity contribution is 5.27. The molecule has 0 atom stereocenters. The van der Waals surface area contributed by atoms with Crippen LogP contribution in [0.1, 0.15) is 25.3 Å². The van der Waals surface area contributed by atoms with Crippen molar-refractivity contribution in [3.05, 3.63) is 35.9 Å². The van der Waals surface area contributed by atoms with E-state index in [0.29, 0.717) is 5.41 Å². The van der Waals surface area contributed by atoms with Gasteiger partial charge < -0.3 is 15.0 Å². The number of hydrogen-bond donors (Lipinski definition) is 1. The van der Waals surface area contributed by atoms with E-state index in [0.717, 1.165) is 39.4 Å². The van der Waals surface area contributed by atoms with Gasteiger partial charge >= 0.3 is 0 Å². The highest BCUT2D eigenvalue weighted by Crippen LogP contribution is 2.34. The summed E-state index contributed by atoms with van der Waals surface area (Å²) >= 11 is 0. The molecule has 0 unspecified atom stereocenters. The predicted molar refractivity (Wildman–Crippen MR) is 84.2 cm³/mol. The van der Waals surface area contributed by atoms with Crippen LogP contribution in [-0.4, -0.2) is 51.3 Å². The molecular weight excluding hydrogens is 248 g/mol. The molecule has 1 N–H and O–H groups in total. The van der Waals surface area contributed by atoms with Crippen molar-refractivity contribution in [1.82, 2.24) is 10.2 Å². The zero-order valence-corrected chi connectivity index (χ0v) is 12.9. The van der Waals surface area contributed by atoms with Gasteiger partial charge in [-0.05, 0) is 45.5 Å². The van der Waals surface area contributed by atoms with Crippen LogP contribution in [-0.2, 0) is 10.2 Å². The van der Waals surface area contributed by atoms with Crippen LogP contribution in [0.2, 0.25) is 0 Å². The first-order valence-electron chi connectivity index (χ1n) is 7.79. The molecule has 0 amide bonds. The van der Waals surface area contributed by atoms with Gasteiger partial charge in [0.1, 0.15) is 0 Å². The summed E-state index contributed by atoms with van der Waals surface area (Å²) in [5.74, 6) is 0. The summed E-state index contributed by atoms with van der Waals surface area (Å²) in [6, 6.07) is 11.0. The Labute approximate surface area is 123 Å². The molecule has 1 aromatic rings. The molecule has 1 fully saturated rings. The van der Waals surface area contributed by atoms with E-state index in [1.54, 1.807) is 0 Å². The fraction of sp³-hybridized carbons (Fsp3) is 0.647. The standard InChI is InChI=1S/C17H28N2O/c1-3-20-14-13-19(2)15-17(9-11-18-12-10-17)16-7-5-4-6-8-16/h4-8,18H,3,9-15H2,1-2H3. The van der Waals surface area contributed by atoms with Crippen molar-refractivity contribution in [1.29, 1.82) is 0 Å². The van der Waals surface area contributed by atoms with Crippen molar-refractivity contribution in [2.75, 3.05) is 46.4 Å². The lowest BCUT2D eigenvalue weighted by Gasteiger charge is -2.41. The Hall–Kier alpha value is -0.900.